The Morgan fingerprint density at radius 1 is 1.24 bits per heavy atom. The number of carbonyl (C=O) groups is 1. The fourth-order valence-corrected chi connectivity index (χ4v) is 3.08. The number of benzene rings is 1. The number of thiophene rings is 1. The number of hydrogen-bond donors (Lipinski definition) is 2. The van der Waals surface area contributed by atoms with Crippen LogP contribution in [0, 0.1) is 6.92 Å². The molecule has 0 spiro atoms. The Morgan fingerprint density at radius 2 is 2.10 bits per heavy atom. The second-order valence-electron chi connectivity index (χ2n) is 4.90. The van der Waals surface area contributed by atoms with Gasteiger partial charge in [-0.2, -0.15) is 0 Å². The standard InChI is InChI=1S/C16H15NO3S/c1-10-2-4-13(21-10)9-17-8-11-3-5-14-12(6-11)7-15(20-14)16(18)19/h2-7,17H,8-9H2,1H3,(H,18,19). The van der Waals surface area contributed by atoms with Crippen molar-refractivity contribution in [3.63, 3.8) is 0 Å². The molecular weight excluding hydrogens is 286 g/mol. The third-order valence-corrected chi connectivity index (χ3v) is 4.22. The lowest BCUT2D eigenvalue weighted by Gasteiger charge is -2.03. The molecule has 0 unspecified atom stereocenters. The number of nitrogens with one attached hydrogen (secondary N) is 1. The molecule has 21 heavy (non-hydrogen) atoms. The Bertz CT molecular complexity index is 788. The van der Waals surface area contributed by atoms with Gasteiger partial charge in [0.2, 0.25) is 5.76 Å². The minimum absolute atomic E-state index is 0.0239. The molecule has 0 fully saturated rings. The monoisotopic (exact) mass is 301 g/mol. The molecule has 2 heterocycles. The summed E-state index contributed by atoms with van der Waals surface area (Å²) in [6.45, 7) is 3.67. The van der Waals surface area contributed by atoms with Crippen molar-refractivity contribution in [2.75, 3.05) is 0 Å². The van der Waals surface area contributed by atoms with E-state index in [1.54, 1.807) is 17.4 Å². The second kappa shape index (κ2) is 5.71. The number of carboxylic acids is 1. The van der Waals surface area contributed by atoms with Gasteiger partial charge in [0, 0.05) is 28.2 Å². The van der Waals surface area contributed by atoms with Gasteiger partial charge in [-0.3, -0.25) is 0 Å². The molecule has 0 aliphatic carbocycles. The van der Waals surface area contributed by atoms with Crippen LogP contribution in [0.1, 0.15) is 25.9 Å². The van der Waals surface area contributed by atoms with Gasteiger partial charge in [-0.1, -0.05) is 6.07 Å². The Labute approximate surface area is 126 Å². The van der Waals surface area contributed by atoms with Crippen LogP contribution >= 0.6 is 11.3 Å². The zero-order valence-electron chi connectivity index (χ0n) is 11.6. The number of furan rings is 1. The van der Waals surface area contributed by atoms with Crippen LogP contribution in [0.3, 0.4) is 0 Å². The molecule has 3 rings (SSSR count). The normalized spacial score (nSPS) is 11.1. The number of fused-ring (bicyclic) bond motifs is 1. The number of aryl methyl sites for hydroxylation is 1. The maximum absolute atomic E-state index is 10.9. The molecule has 0 aliphatic heterocycles. The molecule has 4 nitrogen and oxygen atoms in total. The minimum Gasteiger partial charge on any atom is -0.475 e. The van der Waals surface area contributed by atoms with Crippen molar-refractivity contribution in [2.45, 2.75) is 20.0 Å². The molecule has 2 aromatic heterocycles. The summed E-state index contributed by atoms with van der Waals surface area (Å²) in [5.41, 5.74) is 1.71. The lowest BCUT2D eigenvalue weighted by molar-refractivity contribution is 0.0665. The average Bonchev–Trinajstić information content (AvgIpc) is 3.04. The van der Waals surface area contributed by atoms with E-state index in [0.717, 1.165) is 24.0 Å². The summed E-state index contributed by atoms with van der Waals surface area (Å²) in [4.78, 5) is 13.5. The molecule has 0 bridgehead atoms. The Kier molecular flexibility index (Phi) is 3.77. The van der Waals surface area contributed by atoms with Crippen LogP contribution in [0.5, 0.6) is 0 Å². The predicted octanol–water partition coefficient (Wildman–Crippen LogP) is 3.79. The van der Waals surface area contributed by atoms with Crippen molar-refractivity contribution in [1.29, 1.82) is 0 Å². The molecule has 3 aromatic rings. The molecule has 108 valence electrons. The van der Waals surface area contributed by atoms with E-state index < -0.39 is 5.97 Å². The van der Waals surface area contributed by atoms with Crippen molar-refractivity contribution in [1.82, 2.24) is 5.32 Å². The summed E-state index contributed by atoms with van der Waals surface area (Å²) in [7, 11) is 0. The molecule has 0 saturated carbocycles. The molecule has 0 saturated heterocycles. The highest BCUT2D eigenvalue weighted by Gasteiger charge is 2.10. The molecule has 0 radical (unpaired) electrons. The van der Waals surface area contributed by atoms with E-state index in [0.29, 0.717) is 5.58 Å². The van der Waals surface area contributed by atoms with E-state index in [4.69, 9.17) is 9.52 Å². The summed E-state index contributed by atoms with van der Waals surface area (Å²) in [5, 5.41) is 13.1. The van der Waals surface area contributed by atoms with E-state index in [1.165, 1.54) is 9.75 Å². The van der Waals surface area contributed by atoms with Gasteiger partial charge in [0.25, 0.3) is 0 Å². The Hall–Kier alpha value is -2.11. The third-order valence-electron chi connectivity index (χ3n) is 3.22. The summed E-state index contributed by atoms with van der Waals surface area (Å²) in [6, 6.07) is 11.5. The van der Waals surface area contributed by atoms with Crippen molar-refractivity contribution < 1.29 is 14.3 Å². The molecule has 5 heteroatoms. The molecule has 1 aromatic carbocycles. The van der Waals surface area contributed by atoms with E-state index in [9.17, 15) is 4.79 Å². The minimum atomic E-state index is -1.04. The summed E-state index contributed by atoms with van der Waals surface area (Å²) in [5.74, 6) is -1.07. The van der Waals surface area contributed by atoms with Crippen LogP contribution in [-0.2, 0) is 13.1 Å². The number of hydrogen-bond acceptors (Lipinski definition) is 4. The summed E-state index contributed by atoms with van der Waals surface area (Å²) < 4.78 is 5.24. The first-order valence-electron chi connectivity index (χ1n) is 6.63. The zero-order valence-corrected chi connectivity index (χ0v) is 12.4. The smallest absolute Gasteiger partial charge is 0.371 e. The average molecular weight is 301 g/mol. The van der Waals surface area contributed by atoms with Gasteiger partial charge in [0.1, 0.15) is 5.58 Å². The number of carboxylic acid groups (broad SMARTS) is 1. The topological polar surface area (TPSA) is 62.5 Å². The van der Waals surface area contributed by atoms with E-state index in [2.05, 4.69) is 24.4 Å². The van der Waals surface area contributed by atoms with Crippen LogP contribution in [0.25, 0.3) is 11.0 Å². The van der Waals surface area contributed by atoms with E-state index in [-0.39, 0.29) is 5.76 Å². The Morgan fingerprint density at radius 3 is 2.81 bits per heavy atom. The highest BCUT2D eigenvalue weighted by atomic mass is 32.1. The molecule has 0 aliphatic rings. The summed E-state index contributed by atoms with van der Waals surface area (Å²) >= 11 is 1.79. The first-order valence-corrected chi connectivity index (χ1v) is 7.45. The fraction of sp³-hybridized carbons (Fsp3) is 0.188. The van der Waals surface area contributed by atoms with Crippen molar-refractivity contribution in [2.24, 2.45) is 0 Å². The first-order chi connectivity index (χ1) is 10.1. The molecule has 2 N–H and O–H groups in total. The molecule has 0 atom stereocenters. The second-order valence-corrected chi connectivity index (χ2v) is 6.28. The number of rotatable bonds is 5. The van der Waals surface area contributed by atoms with Gasteiger partial charge in [0.15, 0.2) is 0 Å². The van der Waals surface area contributed by atoms with Crippen LogP contribution in [0.2, 0.25) is 0 Å². The van der Waals surface area contributed by atoms with E-state index in [1.807, 2.05) is 18.2 Å². The van der Waals surface area contributed by atoms with Gasteiger partial charge in [-0.05, 0) is 42.8 Å². The maximum atomic E-state index is 10.9. The number of aromatic carboxylic acids is 1. The maximum Gasteiger partial charge on any atom is 0.371 e. The van der Waals surface area contributed by atoms with Gasteiger partial charge in [-0.15, -0.1) is 11.3 Å². The van der Waals surface area contributed by atoms with Crippen LogP contribution in [0.15, 0.2) is 40.8 Å². The van der Waals surface area contributed by atoms with E-state index >= 15 is 0 Å². The van der Waals surface area contributed by atoms with Gasteiger partial charge >= 0.3 is 5.97 Å². The van der Waals surface area contributed by atoms with Crippen LogP contribution in [-0.4, -0.2) is 11.1 Å². The van der Waals surface area contributed by atoms with Gasteiger partial charge in [0.05, 0.1) is 0 Å². The SMILES string of the molecule is Cc1ccc(CNCc2ccc3oc(C(=O)O)cc3c2)s1. The highest BCUT2D eigenvalue weighted by molar-refractivity contribution is 7.11. The van der Waals surface area contributed by atoms with Gasteiger partial charge < -0.3 is 14.8 Å². The third kappa shape index (κ3) is 3.15. The molecular formula is C16H15NO3S. The van der Waals surface area contributed by atoms with Crippen molar-refractivity contribution in [3.8, 4) is 0 Å². The Balaban J connectivity index is 1.68. The zero-order chi connectivity index (χ0) is 14.8. The highest BCUT2D eigenvalue weighted by Crippen LogP contribution is 2.21. The largest absolute Gasteiger partial charge is 0.475 e. The van der Waals surface area contributed by atoms with Crippen LogP contribution < -0.4 is 5.32 Å². The van der Waals surface area contributed by atoms with Gasteiger partial charge in [-0.25, -0.2) is 4.79 Å². The van der Waals surface area contributed by atoms with Crippen molar-refractivity contribution in [3.05, 3.63) is 57.5 Å². The lowest BCUT2D eigenvalue weighted by Crippen LogP contribution is -2.11. The molecule has 0 amide bonds. The predicted molar refractivity (Wildman–Crippen MR) is 82.8 cm³/mol. The summed E-state index contributed by atoms with van der Waals surface area (Å²) in [6.07, 6.45) is 0. The van der Waals surface area contributed by atoms with Crippen molar-refractivity contribution >= 4 is 28.3 Å². The lowest BCUT2D eigenvalue weighted by atomic mass is 10.1. The first kappa shape index (κ1) is 13.9. The fourth-order valence-electron chi connectivity index (χ4n) is 2.22. The van der Waals surface area contributed by atoms with Crippen LogP contribution in [0.4, 0.5) is 0 Å². The quantitative estimate of drug-likeness (QED) is 0.752.